The highest BCUT2D eigenvalue weighted by atomic mass is 35.5. The van der Waals surface area contributed by atoms with Crippen LogP contribution in [0.2, 0.25) is 5.02 Å². The van der Waals surface area contributed by atoms with Gasteiger partial charge >= 0.3 is 11.9 Å². The number of carboxylic acids is 2. The molecular weight excluding hydrogens is 486 g/mol. The summed E-state index contributed by atoms with van der Waals surface area (Å²) >= 11 is 8.61. The number of carboxylic acid groups (broad SMARTS) is 2. The number of rotatable bonds is 8. The van der Waals surface area contributed by atoms with Crippen molar-refractivity contribution in [1.82, 2.24) is 10.3 Å². The normalized spacial score (nSPS) is 15.8. The van der Waals surface area contributed by atoms with E-state index in [1.54, 1.807) is 0 Å². The van der Waals surface area contributed by atoms with Crippen LogP contribution in [0.1, 0.15) is 61.6 Å². The van der Waals surface area contributed by atoms with Gasteiger partial charge in [0.05, 0.1) is 23.6 Å². The Balaban J connectivity index is 0.000000371. The Morgan fingerprint density at radius 3 is 2.49 bits per heavy atom. The molecular formula is C26H34ClN3O4S. The van der Waals surface area contributed by atoms with Crippen LogP contribution in [0, 0.1) is 0 Å². The number of nitrogens with one attached hydrogen (secondary N) is 2. The van der Waals surface area contributed by atoms with Crippen molar-refractivity contribution < 1.29 is 19.8 Å². The van der Waals surface area contributed by atoms with Crippen molar-refractivity contribution in [3.8, 4) is 0 Å². The predicted molar refractivity (Wildman–Crippen MR) is 141 cm³/mol. The van der Waals surface area contributed by atoms with Gasteiger partial charge in [-0.3, -0.25) is 14.6 Å². The number of hydrogen-bond acceptors (Lipinski definition) is 6. The van der Waals surface area contributed by atoms with Gasteiger partial charge in [0.2, 0.25) is 0 Å². The Morgan fingerprint density at radius 2 is 1.77 bits per heavy atom. The molecule has 0 radical (unpaired) electrons. The summed E-state index contributed by atoms with van der Waals surface area (Å²) in [7, 11) is 0. The molecule has 4 rings (SSSR count). The van der Waals surface area contributed by atoms with Crippen LogP contribution < -0.4 is 10.6 Å². The van der Waals surface area contributed by atoms with Gasteiger partial charge in [0, 0.05) is 34.6 Å². The lowest BCUT2D eigenvalue weighted by atomic mass is 10.0. The molecule has 2 aliphatic rings. The second-order valence-corrected chi connectivity index (χ2v) is 10.6. The smallest absolute Gasteiger partial charge is 0.303 e. The molecule has 0 atom stereocenters. The molecule has 1 aliphatic heterocycles. The van der Waals surface area contributed by atoms with Crippen molar-refractivity contribution in [2.75, 3.05) is 18.4 Å². The summed E-state index contributed by atoms with van der Waals surface area (Å²) < 4.78 is 0. The van der Waals surface area contributed by atoms with Gasteiger partial charge < -0.3 is 20.8 Å². The highest BCUT2D eigenvalue weighted by Gasteiger charge is 2.18. The molecule has 2 aromatic rings. The second-order valence-electron chi connectivity index (χ2n) is 8.81. The summed E-state index contributed by atoms with van der Waals surface area (Å²) in [6, 6.07) is 6.40. The standard InChI is InChI=1S/C22H28ClN3S.C4H6O4/c23-20-7-6-16-8-11-24-12-9-19(16)22(20)26-15-17-14-25-13-10-21(17)27-18-4-2-1-3-5-18;5-3(6)1-2-4(7)8/h6-7,10,13-14,18,24,26H,1-5,8-9,11-12,15H2;1-2H2,(H,5,6)(H,7,8). The van der Waals surface area contributed by atoms with E-state index < -0.39 is 11.9 Å². The van der Waals surface area contributed by atoms with E-state index in [2.05, 4.69) is 27.8 Å². The number of aromatic nitrogens is 1. The number of nitrogens with zero attached hydrogens (tertiary/aromatic N) is 1. The number of fused-ring (bicyclic) bond motifs is 1. The maximum Gasteiger partial charge on any atom is 0.303 e. The zero-order valence-corrected chi connectivity index (χ0v) is 21.5. The van der Waals surface area contributed by atoms with Gasteiger partial charge in [0.25, 0.3) is 0 Å². The number of thioether (sulfide) groups is 1. The first-order valence-electron chi connectivity index (χ1n) is 12.2. The number of hydrogen-bond donors (Lipinski definition) is 4. The largest absolute Gasteiger partial charge is 0.481 e. The molecule has 0 unspecified atom stereocenters. The van der Waals surface area contributed by atoms with Crippen LogP contribution in [0.25, 0.3) is 0 Å². The van der Waals surface area contributed by atoms with Crippen molar-refractivity contribution in [3.05, 3.63) is 52.3 Å². The van der Waals surface area contributed by atoms with Crippen LogP contribution in [-0.2, 0) is 29.0 Å². The number of carbonyl (C=O) groups is 2. The Kier molecular flexibility index (Phi) is 11.2. The fraction of sp³-hybridized carbons (Fsp3) is 0.500. The summed E-state index contributed by atoms with van der Waals surface area (Å²) in [6.45, 7) is 2.82. The molecule has 0 spiro atoms. The molecule has 2 heterocycles. The summed E-state index contributed by atoms with van der Waals surface area (Å²) in [6.07, 6.45) is 12.2. The molecule has 9 heteroatoms. The summed E-state index contributed by atoms with van der Waals surface area (Å²) in [5, 5.41) is 24.5. The highest BCUT2D eigenvalue weighted by Crippen LogP contribution is 2.36. The van der Waals surface area contributed by atoms with Crippen molar-refractivity contribution in [2.45, 2.75) is 74.5 Å². The number of halogens is 1. The van der Waals surface area contributed by atoms with E-state index in [-0.39, 0.29) is 12.8 Å². The Morgan fingerprint density at radius 1 is 1.06 bits per heavy atom. The lowest BCUT2D eigenvalue weighted by Crippen LogP contribution is -2.16. The van der Waals surface area contributed by atoms with Crippen LogP contribution in [0.15, 0.2) is 35.5 Å². The van der Waals surface area contributed by atoms with Gasteiger partial charge in [-0.15, -0.1) is 11.8 Å². The minimum Gasteiger partial charge on any atom is -0.481 e. The number of anilines is 1. The lowest BCUT2D eigenvalue weighted by Gasteiger charge is -2.22. The zero-order valence-electron chi connectivity index (χ0n) is 19.9. The maximum absolute atomic E-state index is 9.64. The van der Waals surface area contributed by atoms with Gasteiger partial charge in [-0.2, -0.15) is 0 Å². The number of aliphatic carboxylic acids is 2. The SMILES string of the molecule is Clc1ccc2c(c1NCc1cnccc1SC1CCCCC1)CCNCC2.O=C(O)CCC(=O)O. The minimum absolute atomic E-state index is 0.296. The average Bonchev–Trinajstić information content (AvgIpc) is 3.10. The van der Waals surface area contributed by atoms with E-state index in [0.717, 1.165) is 48.4 Å². The highest BCUT2D eigenvalue weighted by molar-refractivity contribution is 8.00. The molecule has 1 saturated carbocycles. The average molecular weight is 520 g/mol. The topological polar surface area (TPSA) is 112 Å². The molecule has 1 aromatic heterocycles. The third kappa shape index (κ3) is 9.02. The summed E-state index contributed by atoms with van der Waals surface area (Å²) in [5.74, 6) is -2.15. The van der Waals surface area contributed by atoms with E-state index in [4.69, 9.17) is 21.8 Å². The second kappa shape index (κ2) is 14.3. The molecule has 1 aromatic carbocycles. The monoisotopic (exact) mass is 519 g/mol. The van der Waals surface area contributed by atoms with E-state index in [0.29, 0.717) is 0 Å². The Labute approximate surface area is 216 Å². The molecule has 1 fully saturated rings. The van der Waals surface area contributed by atoms with E-state index >= 15 is 0 Å². The van der Waals surface area contributed by atoms with Crippen molar-refractivity contribution in [2.24, 2.45) is 0 Å². The summed E-state index contributed by atoms with van der Waals surface area (Å²) in [5.41, 5.74) is 5.16. The van der Waals surface area contributed by atoms with Crippen molar-refractivity contribution in [1.29, 1.82) is 0 Å². The van der Waals surface area contributed by atoms with E-state index in [9.17, 15) is 9.59 Å². The lowest BCUT2D eigenvalue weighted by molar-refractivity contribution is -0.143. The first kappa shape index (κ1) is 27.3. The molecule has 1 aliphatic carbocycles. The Bertz CT molecular complexity index is 985. The fourth-order valence-electron chi connectivity index (χ4n) is 4.36. The molecule has 7 nitrogen and oxygen atoms in total. The van der Waals surface area contributed by atoms with E-state index in [1.165, 1.54) is 53.7 Å². The predicted octanol–water partition coefficient (Wildman–Crippen LogP) is 5.40. The van der Waals surface area contributed by atoms with Gasteiger partial charge in [-0.1, -0.05) is 36.9 Å². The van der Waals surface area contributed by atoms with Crippen LogP contribution in [-0.4, -0.2) is 45.5 Å². The molecule has 0 saturated heterocycles. The molecule has 0 bridgehead atoms. The minimum atomic E-state index is -1.08. The van der Waals surface area contributed by atoms with Gasteiger partial charge in [0.1, 0.15) is 0 Å². The first-order chi connectivity index (χ1) is 16.9. The fourth-order valence-corrected chi connectivity index (χ4v) is 5.94. The van der Waals surface area contributed by atoms with Crippen molar-refractivity contribution >= 4 is 41.0 Å². The molecule has 0 amide bonds. The van der Waals surface area contributed by atoms with Crippen LogP contribution >= 0.6 is 23.4 Å². The maximum atomic E-state index is 9.64. The van der Waals surface area contributed by atoms with Crippen LogP contribution in [0.3, 0.4) is 0 Å². The van der Waals surface area contributed by atoms with Crippen LogP contribution in [0.5, 0.6) is 0 Å². The molecule has 35 heavy (non-hydrogen) atoms. The third-order valence-electron chi connectivity index (χ3n) is 6.19. The Hall–Kier alpha value is -2.29. The first-order valence-corrected chi connectivity index (χ1v) is 13.5. The van der Waals surface area contributed by atoms with Crippen LogP contribution in [0.4, 0.5) is 5.69 Å². The third-order valence-corrected chi connectivity index (χ3v) is 7.97. The number of pyridine rings is 1. The summed E-state index contributed by atoms with van der Waals surface area (Å²) in [4.78, 5) is 25.0. The number of benzene rings is 1. The van der Waals surface area contributed by atoms with Gasteiger partial charge in [0.15, 0.2) is 0 Å². The molecule has 4 N–H and O–H groups in total. The van der Waals surface area contributed by atoms with Gasteiger partial charge in [-0.25, -0.2) is 0 Å². The quantitative estimate of drug-likeness (QED) is 0.367. The van der Waals surface area contributed by atoms with Crippen molar-refractivity contribution in [3.63, 3.8) is 0 Å². The van der Waals surface area contributed by atoms with E-state index in [1.807, 2.05) is 30.2 Å². The van der Waals surface area contributed by atoms with Gasteiger partial charge in [-0.05, 0) is 62.0 Å². The zero-order chi connectivity index (χ0) is 25.0. The molecule has 190 valence electrons.